The van der Waals surface area contributed by atoms with Gasteiger partial charge in [0, 0.05) is 13.0 Å². The van der Waals surface area contributed by atoms with Gasteiger partial charge >= 0.3 is 5.97 Å². The van der Waals surface area contributed by atoms with Crippen LogP contribution < -0.4 is 38.1 Å². The number of carbonyl (C=O) groups excluding carboxylic acids is 7. The average Bonchev–Trinajstić information content (AvgIpc) is 3.64. The van der Waals surface area contributed by atoms with E-state index < -0.39 is 115 Å². The zero-order chi connectivity index (χ0) is 42.3. The molecular formula is C37H58N8O11. The molecule has 0 saturated carbocycles. The summed E-state index contributed by atoms with van der Waals surface area (Å²) in [5.41, 5.74) is 11.8. The first kappa shape index (κ1) is 47.0. The number of nitrogens with zero attached hydrogens (tertiary/aromatic N) is 1. The van der Waals surface area contributed by atoms with Crippen molar-refractivity contribution in [1.82, 2.24) is 31.5 Å². The number of amides is 7. The second-order valence-electron chi connectivity index (χ2n) is 14.6. The molecule has 9 atom stereocenters. The molecule has 19 heteroatoms. The fraction of sp³-hybridized carbons (Fsp3) is 0.622. The number of nitrogens with two attached hydrogens (primary N) is 2. The smallest absolute Gasteiger partial charge is 0.328 e. The van der Waals surface area contributed by atoms with E-state index >= 15 is 0 Å². The standard InChI is InChI=1S/C37H58N8O11/c1-6-20(4)30(35(53)43-26(18-46)37(55)56)44-33(51)27-13-10-14-45(27)36(54)25(16-22-11-8-7-9-12-22)42-32(50)24(17-28(38)48)40-31(49)23(15-19(2)3)41-34(52)29(39)21(5)47/h7-9,11-12,19-21,23-27,29-30,46-47H,6,10,13-18,39H2,1-5H3,(H2,38,48)(H,40,49)(H,41,52)(H,42,50)(H,43,53)(H,44,51)(H,55,56). The topological polar surface area (TPSA) is 313 Å². The Morgan fingerprint density at radius 1 is 0.821 bits per heavy atom. The summed E-state index contributed by atoms with van der Waals surface area (Å²) < 4.78 is 0. The van der Waals surface area contributed by atoms with Crippen LogP contribution in [0.5, 0.6) is 0 Å². The summed E-state index contributed by atoms with van der Waals surface area (Å²) >= 11 is 0. The number of carbonyl (C=O) groups is 8. The number of primary amides is 1. The Kier molecular flexibility index (Phi) is 18.8. The molecule has 312 valence electrons. The van der Waals surface area contributed by atoms with Gasteiger partial charge in [0.05, 0.1) is 19.1 Å². The fourth-order valence-electron chi connectivity index (χ4n) is 6.10. The summed E-state index contributed by atoms with van der Waals surface area (Å²) in [6.07, 6.45) is -0.854. The van der Waals surface area contributed by atoms with Crippen LogP contribution in [0.15, 0.2) is 30.3 Å². The fourth-order valence-corrected chi connectivity index (χ4v) is 6.10. The van der Waals surface area contributed by atoms with E-state index in [1.54, 1.807) is 58.0 Å². The first-order valence-electron chi connectivity index (χ1n) is 18.7. The molecule has 0 spiro atoms. The molecule has 1 aromatic rings. The maximum absolute atomic E-state index is 14.3. The Hall–Kier alpha value is -5.14. The van der Waals surface area contributed by atoms with Gasteiger partial charge in [0.25, 0.3) is 0 Å². The SMILES string of the molecule is CCC(C)C(NC(=O)C1CCCN1C(=O)C(Cc1ccccc1)NC(=O)C(CC(N)=O)NC(=O)C(CC(C)C)NC(=O)C(N)C(C)O)C(=O)NC(CO)C(=O)O. The highest BCUT2D eigenvalue weighted by Gasteiger charge is 2.41. The van der Waals surface area contributed by atoms with Crippen molar-refractivity contribution >= 4 is 47.3 Å². The molecule has 1 saturated heterocycles. The molecule has 1 heterocycles. The van der Waals surface area contributed by atoms with Crippen LogP contribution in [0.25, 0.3) is 0 Å². The van der Waals surface area contributed by atoms with Gasteiger partial charge in [0.15, 0.2) is 0 Å². The number of carboxylic acids is 1. The van der Waals surface area contributed by atoms with Gasteiger partial charge in [-0.25, -0.2) is 4.79 Å². The van der Waals surface area contributed by atoms with Gasteiger partial charge < -0.3 is 58.3 Å². The monoisotopic (exact) mass is 790 g/mol. The number of carboxylic acid groups (broad SMARTS) is 1. The van der Waals surface area contributed by atoms with E-state index in [1.807, 2.05) is 0 Å². The molecule has 56 heavy (non-hydrogen) atoms. The van der Waals surface area contributed by atoms with Crippen LogP contribution in [0.2, 0.25) is 0 Å². The van der Waals surface area contributed by atoms with Crippen LogP contribution in [0.1, 0.15) is 72.3 Å². The van der Waals surface area contributed by atoms with Crippen LogP contribution >= 0.6 is 0 Å². The molecule has 1 fully saturated rings. The van der Waals surface area contributed by atoms with Gasteiger partial charge in [-0.15, -0.1) is 0 Å². The number of nitrogens with one attached hydrogen (secondary N) is 5. The van der Waals surface area contributed by atoms with Gasteiger partial charge in [0.1, 0.15) is 42.3 Å². The van der Waals surface area contributed by atoms with E-state index in [1.165, 1.54) is 11.8 Å². The highest BCUT2D eigenvalue weighted by atomic mass is 16.4. The summed E-state index contributed by atoms with van der Waals surface area (Å²) in [6.45, 7) is 7.54. The summed E-state index contributed by atoms with van der Waals surface area (Å²) in [6, 6.07) is -0.755. The van der Waals surface area contributed by atoms with Crippen LogP contribution in [-0.4, -0.2) is 129 Å². The van der Waals surface area contributed by atoms with Gasteiger partial charge in [-0.05, 0) is 43.6 Å². The van der Waals surface area contributed by atoms with Crippen LogP contribution in [0.3, 0.4) is 0 Å². The number of rotatable bonds is 22. The van der Waals surface area contributed by atoms with Crippen LogP contribution in [0.4, 0.5) is 0 Å². The predicted octanol–water partition coefficient (Wildman–Crippen LogP) is -2.60. The van der Waals surface area contributed by atoms with Crippen molar-refractivity contribution < 1.29 is 53.7 Å². The number of aliphatic hydroxyl groups excluding tert-OH is 2. The maximum atomic E-state index is 14.3. The number of benzene rings is 1. The first-order chi connectivity index (χ1) is 26.3. The lowest BCUT2D eigenvalue weighted by Crippen LogP contribution is -2.61. The number of hydrogen-bond acceptors (Lipinski definition) is 11. The van der Waals surface area contributed by atoms with E-state index in [-0.39, 0.29) is 31.7 Å². The summed E-state index contributed by atoms with van der Waals surface area (Å²) in [5, 5.41) is 40.9. The third-order valence-electron chi connectivity index (χ3n) is 9.53. The van der Waals surface area contributed by atoms with Crippen molar-refractivity contribution in [2.45, 2.75) is 122 Å². The molecule has 0 aliphatic carbocycles. The van der Waals surface area contributed by atoms with E-state index in [0.717, 1.165) is 0 Å². The van der Waals surface area contributed by atoms with E-state index in [0.29, 0.717) is 18.4 Å². The number of hydrogen-bond donors (Lipinski definition) is 10. The second-order valence-corrected chi connectivity index (χ2v) is 14.6. The Labute approximate surface area is 326 Å². The Balaban J connectivity index is 2.39. The minimum absolute atomic E-state index is 0.0631. The minimum atomic E-state index is -1.60. The van der Waals surface area contributed by atoms with E-state index in [2.05, 4.69) is 26.6 Å². The first-order valence-corrected chi connectivity index (χ1v) is 18.7. The largest absolute Gasteiger partial charge is 0.480 e. The molecule has 2 rings (SSSR count). The average molecular weight is 791 g/mol. The second kappa shape index (κ2) is 22.4. The zero-order valence-electron chi connectivity index (χ0n) is 32.5. The predicted molar refractivity (Wildman–Crippen MR) is 202 cm³/mol. The lowest BCUT2D eigenvalue weighted by atomic mass is 9.97. The Morgan fingerprint density at radius 3 is 1.93 bits per heavy atom. The molecule has 0 radical (unpaired) electrons. The van der Waals surface area contributed by atoms with Crippen molar-refractivity contribution in [2.24, 2.45) is 23.3 Å². The summed E-state index contributed by atoms with van der Waals surface area (Å²) in [7, 11) is 0. The molecule has 0 aromatic heterocycles. The van der Waals surface area contributed by atoms with Crippen LogP contribution in [0, 0.1) is 11.8 Å². The molecule has 7 amide bonds. The molecule has 0 bridgehead atoms. The van der Waals surface area contributed by atoms with Gasteiger partial charge in [0.2, 0.25) is 41.4 Å². The van der Waals surface area contributed by atoms with Crippen molar-refractivity contribution in [2.75, 3.05) is 13.2 Å². The van der Waals surface area contributed by atoms with Crippen molar-refractivity contribution in [3.63, 3.8) is 0 Å². The Bertz CT molecular complexity index is 1540. The van der Waals surface area contributed by atoms with Crippen molar-refractivity contribution in [3.8, 4) is 0 Å². The van der Waals surface area contributed by atoms with Gasteiger partial charge in [-0.1, -0.05) is 64.4 Å². The molecular weight excluding hydrogens is 732 g/mol. The molecule has 12 N–H and O–H groups in total. The Morgan fingerprint density at radius 2 is 1.39 bits per heavy atom. The van der Waals surface area contributed by atoms with E-state index in [9.17, 15) is 53.7 Å². The lowest BCUT2D eigenvalue weighted by Gasteiger charge is -2.32. The number of aliphatic hydroxyl groups is 2. The zero-order valence-corrected chi connectivity index (χ0v) is 32.5. The molecule has 1 aliphatic rings. The van der Waals surface area contributed by atoms with E-state index in [4.69, 9.17) is 11.5 Å². The summed E-state index contributed by atoms with van der Waals surface area (Å²) in [4.78, 5) is 106. The van der Waals surface area contributed by atoms with Gasteiger partial charge in [-0.2, -0.15) is 0 Å². The third kappa shape index (κ3) is 14.2. The highest BCUT2D eigenvalue weighted by molar-refractivity contribution is 5.98. The maximum Gasteiger partial charge on any atom is 0.328 e. The lowest BCUT2D eigenvalue weighted by molar-refractivity contribution is -0.144. The highest BCUT2D eigenvalue weighted by Crippen LogP contribution is 2.21. The van der Waals surface area contributed by atoms with Gasteiger partial charge in [-0.3, -0.25) is 33.6 Å². The molecule has 19 nitrogen and oxygen atoms in total. The summed E-state index contributed by atoms with van der Waals surface area (Å²) in [5.74, 6) is -7.83. The third-order valence-corrected chi connectivity index (χ3v) is 9.53. The molecule has 1 aliphatic heterocycles. The van der Waals surface area contributed by atoms with Crippen LogP contribution in [-0.2, 0) is 44.8 Å². The van der Waals surface area contributed by atoms with Crippen molar-refractivity contribution in [1.29, 1.82) is 0 Å². The number of likely N-dealkylation sites (tertiary alicyclic amines) is 1. The minimum Gasteiger partial charge on any atom is -0.480 e. The molecule has 1 aromatic carbocycles. The molecule has 9 unspecified atom stereocenters. The quantitative estimate of drug-likeness (QED) is 0.0578. The normalized spacial score (nSPS) is 18.2. The number of aliphatic carboxylic acids is 1. The van der Waals surface area contributed by atoms with Crippen molar-refractivity contribution in [3.05, 3.63) is 35.9 Å².